The minimum absolute atomic E-state index is 0.0245. The standard InChI is InChI=1S/C18H17ClN2O5S3/c1-4-21-17(22)14(10-11-5-6-12(25-2)13(9-11)26-3)27-18(21)20-29(23,24)16-8-7-15(19)28-16/h5-10H,4H2,1-3H3/b14-10-,20-18+. The maximum atomic E-state index is 12.7. The fourth-order valence-corrected chi connectivity index (χ4v) is 6.24. The van der Waals surface area contributed by atoms with E-state index in [1.54, 1.807) is 31.2 Å². The molecule has 1 saturated heterocycles. The molecule has 154 valence electrons. The Bertz CT molecular complexity index is 1110. The zero-order valence-electron chi connectivity index (χ0n) is 15.7. The number of halogens is 1. The van der Waals surface area contributed by atoms with E-state index in [4.69, 9.17) is 21.1 Å². The van der Waals surface area contributed by atoms with Gasteiger partial charge in [-0.3, -0.25) is 9.69 Å². The molecule has 0 N–H and O–H groups in total. The molecule has 0 spiro atoms. The normalized spacial score (nSPS) is 17.4. The van der Waals surface area contributed by atoms with Crippen LogP contribution < -0.4 is 9.47 Å². The Kier molecular flexibility index (Phi) is 6.57. The van der Waals surface area contributed by atoms with Gasteiger partial charge in [-0.25, -0.2) is 0 Å². The van der Waals surface area contributed by atoms with Crippen molar-refractivity contribution in [1.29, 1.82) is 0 Å². The lowest BCUT2D eigenvalue weighted by atomic mass is 10.2. The molecule has 0 unspecified atom stereocenters. The SMILES string of the molecule is CCN1C(=O)/C(=C/c2ccc(OC)c(OC)c2)S/C1=N/S(=O)(=O)c1ccc(Cl)s1. The van der Waals surface area contributed by atoms with Crippen LogP contribution in [0.4, 0.5) is 0 Å². The summed E-state index contributed by atoms with van der Waals surface area (Å²) < 4.78 is 39.8. The van der Waals surface area contributed by atoms with Gasteiger partial charge in [-0.05, 0) is 54.6 Å². The van der Waals surface area contributed by atoms with Gasteiger partial charge >= 0.3 is 0 Å². The predicted octanol–water partition coefficient (Wildman–Crippen LogP) is 4.10. The Balaban J connectivity index is 1.96. The summed E-state index contributed by atoms with van der Waals surface area (Å²) in [7, 11) is -0.901. The third kappa shape index (κ3) is 4.61. The highest BCUT2D eigenvalue weighted by molar-refractivity contribution is 8.19. The minimum Gasteiger partial charge on any atom is -0.493 e. The zero-order valence-corrected chi connectivity index (χ0v) is 18.9. The number of amides is 1. The molecular weight excluding hydrogens is 456 g/mol. The van der Waals surface area contributed by atoms with Crippen LogP contribution in [0.2, 0.25) is 4.34 Å². The second kappa shape index (κ2) is 8.78. The van der Waals surface area contributed by atoms with Crippen LogP contribution in [0.1, 0.15) is 12.5 Å². The van der Waals surface area contributed by atoms with E-state index in [0.717, 1.165) is 23.1 Å². The van der Waals surface area contributed by atoms with Crippen molar-refractivity contribution < 1.29 is 22.7 Å². The molecule has 2 aromatic rings. The van der Waals surface area contributed by atoms with E-state index in [2.05, 4.69) is 4.40 Å². The summed E-state index contributed by atoms with van der Waals surface area (Å²) in [4.78, 5) is 14.4. The Labute approximate surface area is 182 Å². The lowest BCUT2D eigenvalue weighted by molar-refractivity contribution is -0.122. The molecule has 0 saturated carbocycles. The van der Waals surface area contributed by atoms with E-state index in [9.17, 15) is 13.2 Å². The Hall–Kier alpha value is -2.01. The molecule has 0 aliphatic carbocycles. The summed E-state index contributed by atoms with van der Waals surface area (Å²) in [6.07, 6.45) is 1.66. The maximum Gasteiger partial charge on any atom is 0.294 e. The van der Waals surface area contributed by atoms with E-state index in [1.165, 1.54) is 31.3 Å². The van der Waals surface area contributed by atoms with Crippen LogP contribution in [0.15, 0.2) is 43.8 Å². The monoisotopic (exact) mass is 472 g/mol. The molecule has 1 amide bonds. The quantitative estimate of drug-likeness (QED) is 0.588. The number of nitrogens with zero attached hydrogens (tertiary/aromatic N) is 2. The van der Waals surface area contributed by atoms with Crippen LogP contribution >= 0.6 is 34.7 Å². The number of benzene rings is 1. The summed E-state index contributed by atoms with van der Waals surface area (Å²) >= 11 is 7.75. The van der Waals surface area contributed by atoms with Gasteiger partial charge in [0.1, 0.15) is 4.21 Å². The molecule has 0 bridgehead atoms. The van der Waals surface area contributed by atoms with Crippen LogP contribution in [-0.2, 0) is 14.8 Å². The third-order valence-electron chi connectivity index (χ3n) is 3.91. The Morgan fingerprint density at radius 3 is 2.48 bits per heavy atom. The average Bonchev–Trinajstić information content (AvgIpc) is 3.25. The van der Waals surface area contributed by atoms with Crippen molar-refractivity contribution in [1.82, 2.24) is 4.90 Å². The van der Waals surface area contributed by atoms with Crippen LogP contribution in [0, 0.1) is 0 Å². The topological polar surface area (TPSA) is 85.3 Å². The van der Waals surface area contributed by atoms with Crippen LogP contribution in [0.5, 0.6) is 11.5 Å². The van der Waals surface area contributed by atoms with E-state index in [-0.39, 0.29) is 21.8 Å². The number of thioether (sulfide) groups is 1. The number of carbonyl (C=O) groups is 1. The van der Waals surface area contributed by atoms with E-state index < -0.39 is 10.0 Å². The van der Waals surface area contributed by atoms with Crippen LogP contribution in [0.3, 0.4) is 0 Å². The van der Waals surface area contributed by atoms with Gasteiger partial charge in [0.2, 0.25) is 0 Å². The number of amidine groups is 1. The highest BCUT2D eigenvalue weighted by Crippen LogP contribution is 2.36. The maximum absolute atomic E-state index is 12.7. The lowest BCUT2D eigenvalue weighted by Crippen LogP contribution is -2.29. The first kappa shape index (κ1) is 21.7. The Morgan fingerprint density at radius 1 is 1.17 bits per heavy atom. The number of hydrogen-bond acceptors (Lipinski definition) is 7. The second-order valence-corrected chi connectivity index (χ2v) is 10.2. The number of thiophene rings is 1. The highest BCUT2D eigenvalue weighted by atomic mass is 35.5. The van der Waals surface area contributed by atoms with Crippen molar-refractivity contribution in [3.63, 3.8) is 0 Å². The molecule has 1 aliphatic heterocycles. The minimum atomic E-state index is -3.96. The van der Waals surface area contributed by atoms with Crippen LogP contribution in [-0.4, -0.2) is 45.2 Å². The smallest absolute Gasteiger partial charge is 0.294 e. The summed E-state index contributed by atoms with van der Waals surface area (Å²) in [5.74, 6) is 0.777. The van der Waals surface area contributed by atoms with Gasteiger partial charge in [-0.15, -0.1) is 15.7 Å². The molecule has 0 radical (unpaired) electrons. The molecule has 29 heavy (non-hydrogen) atoms. The van der Waals surface area contributed by atoms with Gasteiger partial charge in [-0.2, -0.15) is 8.42 Å². The van der Waals surface area contributed by atoms with Gasteiger partial charge in [0.15, 0.2) is 16.7 Å². The molecule has 0 atom stereocenters. The fraction of sp³-hybridized carbons (Fsp3) is 0.222. The van der Waals surface area contributed by atoms with Gasteiger partial charge in [0, 0.05) is 6.54 Å². The van der Waals surface area contributed by atoms with Crippen molar-refractivity contribution in [3.8, 4) is 11.5 Å². The van der Waals surface area contributed by atoms with Gasteiger partial charge in [-0.1, -0.05) is 17.7 Å². The first-order valence-electron chi connectivity index (χ1n) is 8.32. The van der Waals surface area contributed by atoms with Crippen molar-refractivity contribution >= 4 is 61.9 Å². The second-order valence-electron chi connectivity index (χ2n) is 5.68. The number of methoxy groups -OCH3 is 2. The molecule has 2 heterocycles. The molecule has 11 heteroatoms. The lowest BCUT2D eigenvalue weighted by Gasteiger charge is -2.11. The summed E-state index contributed by atoms with van der Waals surface area (Å²) in [5.41, 5.74) is 0.712. The molecule has 3 rings (SSSR count). The number of likely N-dealkylation sites (N-methyl/N-ethyl adjacent to an activating group) is 1. The van der Waals surface area contributed by atoms with Crippen molar-refractivity contribution in [3.05, 3.63) is 45.1 Å². The highest BCUT2D eigenvalue weighted by Gasteiger charge is 2.34. The molecule has 1 aromatic heterocycles. The third-order valence-corrected chi connectivity index (χ3v) is 8.00. The van der Waals surface area contributed by atoms with Gasteiger partial charge in [0.25, 0.3) is 15.9 Å². The fourth-order valence-electron chi connectivity index (χ4n) is 2.53. The first-order chi connectivity index (χ1) is 13.8. The predicted molar refractivity (Wildman–Crippen MR) is 116 cm³/mol. The molecular formula is C18H17ClN2O5S3. The number of carbonyl (C=O) groups excluding carboxylic acids is 1. The van der Waals surface area contributed by atoms with Gasteiger partial charge < -0.3 is 9.47 Å². The van der Waals surface area contributed by atoms with Crippen molar-refractivity contribution in [2.24, 2.45) is 4.40 Å². The van der Waals surface area contributed by atoms with Crippen molar-refractivity contribution in [2.75, 3.05) is 20.8 Å². The first-order valence-corrected chi connectivity index (χ1v) is 11.8. The molecule has 7 nitrogen and oxygen atoms in total. The number of hydrogen-bond donors (Lipinski definition) is 0. The zero-order chi connectivity index (χ0) is 21.2. The van der Waals surface area contributed by atoms with E-state index >= 15 is 0 Å². The summed E-state index contributed by atoms with van der Waals surface area (Å²) in [5, 5.41) is 0.105. The Morgan fingerprint density at radius 2 is 1.90 bits per heavy atom. The number of rotatable bonds is 6. The molecule has 1 aliphatic rings. The van der Waals surface area contributed by atoms with Crippen LogP contribution in [0.25, 0.3) is 6.08 Å². The number of ether oxygens (including phenoxy) is 2. The van der Waals surface area contributed by atoms with Crippen molar-refractivity contribution in [2.45, 2.75) is 11.1 Å². The van der Waals surface area contributed by atoms with E-state index in [0.29, 0.717) is 26.3 Å². The largest absolute Gasteiger partial charge is 0.493 e. The average molecular weight is 473 g/mol. The number of sulfonamides is 1. The summed E-state index contributed by atoms with van der Waals surface area (Å²) in [6.45, 7) is 2.04. The van der Waals surface area contributed by atoms with E-state index in [1.807, 2.05) is 0 Å². The molecule has 1 aromatic carbocycles. The molecule has 1 fully saturated rings. The summed E-state index contributed by atoms with van der Waals surface area (Å²) in [6, 6.07) is 8.12. The van der Waals surface area contributed by atoms with Gasteiger partial charge in [0.05, 0.1) is 23.5 Å².